The fraction of sp³-hybridized carbons (Fsp3) is 0.462. The predicted octanol–water partition coefficient (Wildman–Crippen LogP) is 1.19. The zero-order valence-electron chi connectivity index (χ0n) is 11.2. The molecule has 1 atom stereocenters. The maximum absolute atomic E-state index is 11.2. The van der Waals surface area contributed by atoms with Crippen LogP contribution in [0.1, 0.15) is 6.92 Å². The smallest absolute Gasteiger partial charge is 0.325 e. The van der Waals surface area contributed by atoms with E-state index >= 15 is 0 Å². The van der Waals surface area contributed by atoms with Crippen molar-refractivity contribution in [3.8, 4) is 5.75 Å². The van der Waals surface area contributed by atoms with Crippen molar-refractivity contribution in [2.75, 3.05) is 32.6 Å². The van der Waals surface area contributed by atoms with Gasteiger partial charge in [-0.1, -0.05) is 6.07 Å². The van der Waals surface area contributed by atoms with Gasteiger partial charge >= 0.3 is 5.97 Å². The average Bonchev–Trinajstić information content (AvgIpc) is 2.38. The van der Waals surface area contributed by atoms with Gasteiger partial charge in [-0.2, -0.15) is 0 Å². The summed E-state index contributed by atoms with van der Waals surface area (Å²) < 4.78 is 5.15. The van der Waals surface area contributed by atoms with Crippen molar-refractivity contribution in [2.45, 2.75) is 12.5 Å². The number of carboxylic acids is 1. The molecule has 18 heavy (non-hydrogen) atoms. The Balaban J connectivity index is 2.87. The van der Waals surface area contributed by atoms with Gasteiger partial charge < -0.3 is 20.1 Å². The highest BCUT2D eigenvalue weighted by molar-refractivity contribution is 5.79. The molecule has 0 spiro atoms. The number of benzene rings is 1. The number of carboxylic acid groups (broad SMARTS) is 1. The number of methoxy groups -OCH3 is 1. The lowest BCUT2D eigenvalue weighted by Gasteiger charge is -2.31. The molecule has 2 N–H and O–H groups in total. The molecule has 0 heterocycles. The van der Waals surface area contributed by atoms with E-state index in [1.165, 1.54) is 0 Å². The van der Waals surface area contributed by atoms with Crippen molar-refractivity contribution in [1.82, 2.24) is 5.32 Å². The zero-order chi connectivity index (χ0) is 13.8. The number of likely N-dealkylation sites (N-methyl/N-ethyl adjacent to an activating group) is 2. The summed E-state index contributed by atoms with van der Waals surface area (Å²) in [6, 6.07) is 7.52. The molecule has 0 amide bonds. The van der Waals surface area contributed by atoms with Gasteiger partial charge in [0.15, 0.2) is 0 Å². The van der Waals surface area contributed by atoms with E-state index in [0.29, 0.717) is 6.54 Å². The highest BCUT2D eigenvalue weighted by atomic mass is 16.5. The second kappa shape index (κ2) is 5.73. The van der Waals surface area contributed by atoms with Crippen LogP contribution < -0.4 is 15.0 Å². The Morgan fingerprint density at radius 2 is 2.22 bits per heavy atom. The summed E-state index contributed by atoms with van der Waals surface area (Å²) in [5, 5.41) is 12.0. The molecule has 0 bridgehead atoms. The van der Waals surface area contributed by atoms with Crippen molar-refractivity contribution < 1.29 is 14.6 Å². The van der Waals surface area contributed by atoms with Crippen molar-refractivity contribution in [3.05, 3.63) is 24.3 Å². The molecule has 5 nitrogen and oxygen atoms in total. The van der Waals surface area contributed by atoms with Crippen LogP contribution >= 0.6 is 0 Å². The number of carbonyl (C=O) groups is 1. The molecule has 0 aliphatic carbocycles. The minimum absolute atomic E-state index is 0.353. The van der Waals surface area contributed by atoms with E-state index in [-0.39, 0.29) is 0 Å². The number of anilines is 1. The fourth-order valence-corrected chi connectivity index (χ4v) is 1.67. The molecule has 0 radical (unpaired) electrons. The summed E-state index contributed by atoms with van der Waals surface area (Å²) in [6.07, 6.45) is 0. The first kappa shape index (κ1) is 14.3. The van der Waals surface area contributed by atoms with Gasteiger partial charge in [0.05, 0.1) is 7.11 Å². The van der Waals surface area contributed by atoms with Crippen LogP contribution in [0.4, 0.5) is 5.69 Å². The zero-order valence-corrected chi connectivity index (χ0v) is 11.2. The highest BCUT2D eigenvalue weighted by Crippen LogP contribution is 2.21. The van der Waals surface area contributed by atoms with Crippen LogP contribution in [0.3, 0.4) is 0 Å². The fourth-order valence-electron chi connectivity index (χ4n) is 1.67. The Kier molecular flexibility index (Phi) is 4.55. The van der Waals surface area contributed by atoms with Gasteiger partial charge in [-0.3, -0.25) is 4.79 Å². The van der Waals surface area contributed by atoms with Crippen LogP contribution in [0.2, 0.25) is 0 Å². The molecule has 0 saturated heterocycles. The third-order valence-electron chi connectivity index (χ3n) is 3.07. The van der Waals surface area contributed by atoms with E-state index in [1.807, 2.05) is 36.2 Å². The largest absolute Gasteiger partial charge is 0.497 e. The topological polar surface area (TPSA) is 61.8 Å². The van der Waals surface area contributed by atoms with Gasteiger partial charge in [0.2, 0.25) is 0 Å². The number of hydrogen-bond acceptors (Lipinski definition) is 4. The van der Waals surface area contributed by atoms with E-state index in [1.54, 1.807) is 21.1 Å². The minimum atomic E-state index is -0.988. The summed E-state index contributed by atoms with van der Waals surface area (Å²) >= 11 is 0. The molecule has 5 heteroatoms. The van der Waals surface area contributed by atoms with Crippen LogP contribution in [0.15, 0.2) is 24.3 Å². The molecule has 1 unspecified atom stereocenters. The Bertz CT molecular complexity index is 422. The molecule has 1 aromatic rings. The lowest BCUT2D eigenvalue weighted by molar-refractivity contribution is -0.143. The second-order valence-electron chi connectivity index (χ2n) is 4.44. The molecule has 0 aliphatic heterocycles. The van der Waals surface area contributed by atoms with Crippen molar-refractivity contribution in [3.63, 3.8) is 0 Å². The summed E-state index contributed by atoms with van der Waals surface area (Å²) in [5.41, 5.74) is -0.0743. The lowest BCUT2D eigenvalue weighted by atomic mass is 10.0. The Labute approximate surface area is 107 Å². The molecule has 0 aliphatic rings. The summed E-state index contributed by atoms with van der Waals surface area (Å²) in [7, 11) is 5.11. The molecular formula is C13H20N2O3. The molecule has 100 valence electrons. The normalized spacial score (nSPS) is 13.8. The maximum Gasteiger partial charge on any atom is 0.325 e. The molecule has 0 saturated carbocycles. The first-order valence-electron chi connectivity index (χ1n) is 5.70. The van der Waals surface area contributed by atoms with Gasteiger partial charge in [-0.25, -0.2) is 0 Å². The van der Waals surface area contributed by atoms with E-state index in [4.69, 9.17) is 4.74 Å². The molecule has 1 rings (SSSR count). The Hall–Kier alpha value is -1.75. The second-order valence-corrected chi connectivity index (χ2v) is 4.44. The number of nitrogens with one attached hydrogen (secondary N) is 1. The third-order valence-corrected chi connectivity index (χ3v) is 3.07. The SMILES string of the molecule is CNC(C)(CN(C)c1cccc(OC)c1)C(=O)O. The maximum atomic E-state index is 11.2. The molecular weight excluding hydrogens is 232 g/mol. The molecule has 0 aromatic heterocycles. The summed E-state index contributed by atoms with van der Waals surface area (Å²) in [4.78, 5) is 13.1. The Morgan fingerprint density at radius 3 is 2.72 bits per heavy atom. The van der Waals surface area contributed by atoms with Gasteiger partial charge in [0.1, 0.15) is 11.3 Å². The van der Waals surface area contributed by atoms with Crippen LogP contribution in [0.25, 0.3) is 0 Å². The number of rotatable bonds is 6. The van der Waals surface area contributed by atoms with Gasteiger partial charge in [-0.05, 0) is 26.1 Å². The summed E-state index contributed by atoms with van der Waals surface area (Å²) in [5.74, 6) is -0.124. The van der Waals surface area contributed by atoms with Crippen molar-refractivity contribution in [2.24, 2.45) is 0 Å². The monoisotopic (exact) mass is 252 g/mol. The number of aliphatic carboxylic acids is 1. The van der Waals surface area contributed by atoms with Gasteiger partial charge in [0, 0.05) is 25.3 Å². The van der Waals surface area contributed by atoms with Crippen molar-refractivity contribution >= 4 is 11.7 Å². The average molecular weight is 252 g/mol. The quantitative estimate of drug-likeness (QED) is 0.796. The molecule has 0 fully saturated rings. The van der Waals surface area contributed by atoms with Gasteiger partial charge in [0.25, 0.3) is 0 Å². The van der Waals surface area contributed by atoms with Crippen LogP contribution in [0, 0.1) is 0 Å². The summed E-state index contributed by atoms with van der Waals surface area (Å²) in [6.45, 7) is 2.01. The minimum Gasteiger partial charge on any atom is -0.497 e. The van der Waals surface area contributed by atoms with Crippen LogP contribution in [0.5, 0.6) is 5.75 Å². The molecule has 1 aromatic carbocycles. The third kappa shape index (κ3) is 3.13. The highest BCUT2D eigenvalue weighted by Gasteiger charge is 2.32. The lowest BCUT2D eigenvalue weighted by Crippen LogP contribution is -2.55. The standard InChI is InChI=1S/C13H20N2O3/c1-13(14-2,12(16)17)9-15(3)10-6-5-7-11(8-10)18-4/h5-8,14H,9H2,1-4H3,(H,16,17). The number of hydrogen-bond donors (Lipinski definition) is 2. The predicted molar refractivity (Wildman–Crippen MR) is 71.4 cm³/mol. The number of nitrogens with zero attached hydrogens (tertiary/aromatic N) is 1. The van der Waals surface area contributed by atoms with E-state index < -0.39 is 11.5 Å². The van der Waals surface area contributed by atoms with E-state index in [0.717, 1.165) is 11.4 Å². The Morgan fingerprint density at radius 1 is 1.56 bits per heavy atom. The van der Waals surface area contributed by atoms with Gasteiger partial charge in [-0.15, -0.1) is 0 Å². The first-order chi connectivity index (χ1) is 8.42. The van der Waals surface area contributed by atoms with Crippen LogP contribution in [-0.4, -0.2) is 44.4 Å². The number of ether oxygens (including phenoxy) is 1. The van der Waals surface area contributed by atoms with Crippen LogP contribution in [-0.2, 0) is 4.79 Å². The van der Waals surface area contributed by atoms with E-state index in [9.17, 15) is 9.90 Å². The first-order valence-corrected chi connectivity index (χ1v) is 5.70. The van der Waals surface area contributed by atoms with Crippen molar-refractivity contribution in [1.29, 1.82) is 0 Å². The van der Waals surface area contributed by atoms with E-state index in [2.05, 4.69) is 5.32 Å².